The smallest absolute Gasteiger partial charge is 0.320 e. The number of carbonyl (C=O) groups excluding carboxylic acids is 1. The molecule has 17 heavy (non-hydrogen) atoms. The van der Waals surface area contributed by atoms with Gasteiger partial charge in [0.15, 0.2) is 0 Å². The minimum atomic E-state index is 0.0282. The van der Waals surface area contributed by atoms with Gasteiger partial charge in [-0.2, -0.15) is 0 Å². The zero-order valence-corrected chi connectivity index (χ0v) is 10.5. The van der Waals surface area contributed by atoms with E-state index < -0.39 is 0 Å². The molecule has 1 aliphatic rings. The molecule has 1 unspecified atom stereocenters. The van der Waals surface area contributed by atoms with Gasteiger partial charge in [-0.05, 0) is 17.7 Å². The van der Waals surface area contributed by atoms with Crippen LogP contribution in [0.2, 0.25) is 5.02 Å². The molecule has 0 spiro atoms. The summed E-state index contributed by atoms with van der Waals surface area (Å²) in [7, 11) is 1.80. The van der Waals surface area contributed by atoms with Crippen LogP contribution >= 0.6 is 11.6 Å². The number of benzene rings is 1. The van der Waals surface area contributed by atoms with E-state index in [1.807, 2.05) is 24.3 Å². The summed E-state index contributed by atoms with van der Waals surface area (Å²) in [4.78, 5) is 15.4. The van der Waals surface area contributed by atoms with E-state index in [2.05, 4.69) is 0 Å². The van der Waals surface area contributed by atoms with Gasteiger partial charge in [0, 0.05) is 31.7 Å². The Labute approximate surface area is 106 Å². The first kappa shape index (κ1) is 12.2. The topological polar surface area (TPSA) is 49.6 Å². The number of hydrogen-bond acceptors (Lipinski definition) is 2. The van der Waals surface area contributed by atoms with Crippen molar-refractivity contribution in [2.45, 2.75) is 6.04 Å². The van der Waals surface area contributed by atoms with Gasteiger partial charge in [-0.3, -0.25) is 0 Å². The van der Waals surface area contributed by atoms with Gasteiger partial charge in [-0.25, -0.2) is 4.79 Å². The van der Waals surface area contributed by atoms with E-state index in [9.17, 15) is 4.79 Å². The van der Waals surface area contributed by atoms with Crippen molar-refractivity contribution in [1.29, 1.82) is 0 Å². The molecule has 1 atom stereocenters. The summed E-state index contributed by atoms with van der Waals surface area (Å²) in [5, 5.41) is 0.692. The average Bonchev–Trinajstić information content (AvgIpc) is 2.58. The quantitative estimate of drug-likeness (QED) is 0.892. The van der Waals surface area contributed by atoms with Crippen molar-refractivity contribution in [3.63, 3.8) is 0 Å². The lowest BCUT2D eigenvalue weighted by Crippen LogP contribution is -2.34. The maximum atomic E-state index is 11.9. The van der Waals surface area contributed by atoms with Crippen LogP contribution < -0.4 is 5.73 Å². The first-order valence-corrected chi connectivity index (χ1v) is 5.98. The Bertz CT molecular complexity index is 424. The van der Waals surface area contributed by atoms with Gasteiger partial charge in [0.2, 0.25) is 0 Å². The number of carbonyl (C=O) groups is 1. The predicted octanol–water partition coefficient (Wildman–Crippen LogP) is 1.71. The molecule has 2 N–H and O–H groups in total. The molecule has 1 aliphatic heterocycles. The number of halogens is 1. The number of rotatable bonds is 3. The van der Waals surface area contributed by atoms with E-state index in [4.69, 9.17) is 17.3 Å². The molecule has 0 aromatic heterocycles. The molecule has 1 heterocycles. The maximum Gasteiger partial charge on any atom is 0.320 e. The first-order chi connectivity index (χ1) is 8.13. The second-order valence-corrected chi connectivity index (χ2v) is 4.65. The highest BCUT2D eigenvalue weighted by Crippen LogP contribution is 2.29. The molecule has 0 saturated carbocycles. The van der Waals surface area contributed by atoms with Gasteiger partial charge in [0.25, 0.3) is 0 Å². The summed E-state index contributed by atoms with van der Waals surface area (Å²) >= 11 is 5.98. The van der Waals surface area contributed by atoms with Crippen LogP contribution in [0.1, 0.15) is 11.6 Å². The van der Waals surface area contributed by atoms with E-state index in [1.165, 1.54) is 0 Å². The number of nitrogens with two attached hydrogens (primary N) is 1. The monoisotopic (exact) mass is 253 g/mol. The van der Waals surface area contributed by atoms with Crippen molar-refractivity contribution in [1.82, 2.24) is 9.80 Å². The van der Waals surface area contributed by atoms with Crippen LogP contribution in [0.4, 0.5) is 4.79 Å². The fraction of sp³-hybridized carbons (Fsp3) is 0.417. The van der Waals surface area contributed by atoms with Crippen LogP contribution in [0.5, 0.6) is 0 Å². The third-order valence-corrected chi connectivity index (χ3v) is 3.23. The Morgan fingerprint density at radius 1 is 1.53 bits per heavy atom. The molecule has 0 bridgehead atoms. The van der Waals surface area contributed by atoms with E-state index in [0.717, 1.165) is 5.56 Å². The van der Waals surface area contributed by atoms with Gasteiger partial charge < -0.3 is 15.5 Å². The Hall–Kier alpha value is -1.26. The van der Waals surface area contributed by atoms with Gasteiger partial charge in [0.05, 0.1) is 6.04 Å². The summed E-state index contributed by atoms with van der Waals surface area (Å²) in [6.07, 6.45) is 0. The van der Waals surface area contributed by atoms with Gasteiger partial charge in [0.1, 0.15) is 0 Å². The van der Waals surface area contributed by atoms with Gasteiger partial charge in [-0.15, -0.1) is 0 Å². The molecule has 0 radical (unpaired) electrons. The third-order valence-electron chi connectivity index (χ3n) is 3.00. The van der Waals surface area contributed by atoms with Gasteiger partial charge >= 0.3 is 6.03 Å². The number of likely N-dealkylation sites (N-methyl/N-ethyl adjacent to an activating group) is 1. The van der Waals surface area contributed by atoms with E-state index in [0.29, 0.717) is 24.7 Å². The molecular weight excluding hydrogens is 238 g/mol. The molecule has 5 heteroatoms. The highest BCUT2D eigenvalue weighted by atomic mass is 35.5. The fourth-order valence-corrected chi connectivity index (χ4v) is 2.38. The predicted molar refractivity (Wildman–Crippen MR) is 68.0 cm³/mol. The average molecular weight is 254 g/mol. The molecule has 2 rings (SSSR count). The van der Waals surface area contributed by atoms with E-state index in [1.54, 1.807) is 16.8 Å². The van der Waals surface area contributed by atoms with Crippen molar-refractivity contribution >= 4 is 17.6 Å². The summed E-state index contributed by atoms with van der Waals surface area (Å²) < 4.78 is 0. The second-order valence-electron chi connectivity index (χ2n) is 4.22. The molecule has 1 aromatic rings. The molecule has 1 aromatic carbocycles. The van der Waals surface area contributed by atoms with Crippen LogP contribution in [0.15, 0.2) is 24.3 Å². The van der Waals surface area contributed by atoms with Gasteiger partial charge in [-0.1, -0.05) is 23.7 Å². The standard InChI is InChI=1S/C12H16ClN3O/c1-15-8-11(16(6-5-14)12(15)17)9-3-2-4-10(13)7-9/h2-4,7,11H,5-6,8,14H2,1H3. The fourth-order valence-electron chi connectivity index (χ4n) is 2.18. The largest absolute Gasteiger partial charge is 0.329 e. The summed E-state index contributed by atoms with van der Waals surface area (Å²) in [5.41, 5.74) is 6.61. The summed E-state index contributed by atoms with van der Waals surface area (Å²) in [6.45, 7) is 1.72. The highest BCUT2D eigenvalue weighted by molar-refractivity contribution is 6.30. The molecule has 2 amide bonds. The Morgan fingerprint density at radius 3 is 2.94 bits per heavy atom. The van der Waals surface area contributed by atoms with E-state index >= 15 is 0 Å². The van der Waals surface area contributed by atoms with Crippen molar-refractivity contribution in [3.05, 3.63) is 34.9 Å². The molecule has 1 fully saturated rings. The number of urea groups is 1. The highest BCUT2D eigenvalue weighted by Gasteiger charge is 2.35. The zero-order chi connectivity index (χ0) is 12.4. The van der Waals surface area contributed by atoms with Crippen molar-refractivity contribution < 1.29 is 4.79 Å². The van der Waals surface area contributed by atoms with E-state index in [-0.39, 0.29) is 12.1 Å². The lowest BCUT2D eigenvalue weighted by molar-refractivity contribution is 0.192. The first-order valence-electron chi connectivity index (χ1n) is 5.60. The minimum absolute atomic E-state index is 0.0282. The number of hydrogen-bond donors (Lipinski definition) is 1. The Morgan fingerprint density at radius 2 is 2.29 bits per heavy atom. The molecule has 1 saturated heterocycles. The Kier molecular flexibility index (Phi) is 3.54. The SMILES string of the molecule is CN1CC(c2cccc(Cl)c2)N(CCN)C1=O. The molecule has 0 aliphatic carbocycles. The normalized spacial score (nSPS) is 20.2. The number of amides is 2. The van der Waals surface area contributed by atoms with Crippen LogP contribution in [0, 0.1) is 0 Å². The third kappa shape index (κ3) is 2.37. The summed E-state index contributed by atoms with van der Waals surface area (Å²) in [6, 6.07) is 7.71. The zero-order valence-electron chi connectivity index (χ0n) is 9.77. The van der Waals surface area contributed by atoms with Crippen molar-refractivity contribution in [2.75, 3.05) is 26.7 Å². The number of nitrogens with zero attached hydrogens (tertiary/aromatic N) is 2. The van der Waals surface area contributed by atoms with Crippen molar-refractivity contribution in [2.24, 2.45) is 5.73 Å². The van der Waals surface area contributed by atoms with Crippen LogP contribution in [0.25, 0.3) is 0 Å². The molecular formula is C12H16ClN3O. The second kappa shape index (κ2) is 4.94. The lowest BCUT2D eigenvalue weighted by atomic mass is 10.1. The maximum absolute atomic E-state index is 11.9. The van der Waals surface area contributed by atoms with Crippen molar-refractivity contribution in [3.8, 4) is 0 Å². The molecule has 92 valence electrons. The van der Waals surface area contributed by atoms with Crippen LogP contribution in [-0.2, 0) is 0 Å². The minimum Gasteiger partial charge on any atom is -0.329 e. The lowest BCUT2D eigenvalue weighted by Gasteiger charge is -2.22. The Balaban J connectivity index is 2.27. The van der Waals surface area contributed by atoms with Crippen LogP contribution in [-0.4, -0.2) is 42.5 Å². The molecule has 4 nitrogen and oxygen atoms in total. The summed E-state index contributed by atoms with van der Waals surface area (Å²) in [5.74, 6) is 0. The van der Waals surface area contributed by atoms with Crippen LogP contribution in [0.3, 0.4) is 0 Å².